The van der Waals surface area contributed by atoms with E-state index in [0.29, 0.717) is 42.2 Å². The lowest BCUT2D eigenvalue weighted by Gasteiger charge is -2.34. The standard InChI is InChI=1S/C25H25ClN2O5/c1-14(2)13-33-18-6-3-15(4-7-18)17-9-21-25(23(29)11-17)19(12-24(30)27-21)16-5-8-20(26)22(10-16)28(31)32/h3-8,10,14,17,19H,9,11-13H2,1-2H3,(H,27,30). The Morgan fingerprint density at radius 3 is 2.45 bits per heavy atom. The summed E-state index contributed by atoms with van der Waals surface area (Å²) in [6.45, 7) is 4.80. The number of allylic oxidation sites excluding steroid dienone is 2. The summed E-state index contributed by atoms with van der Waals surface area (Å²) in [6, 6.07) is 12.2. The molecular weight excluding hydrogens is 444 g/mol. The van der Waals surface area contributed by atoms with Gasteiger partial charge >= 0.3 is 0 Å². The summed E-state index contributed by atoms with van der Waals surface area (Å²) in [6.07, 6.45) is 0.897. The maximum Gasteiger partial charge on any atom is 0.288 e. The number of nitrogens with zero attached hydrogens (tertiary/aromatic N) is 1. The first kappa shape index (κ1) is 23.0. The Bertz CT molecular complexity index is 1140. The van der Waals surface area contributed by atoms with Crippen LogP contribution in [0.1, 0.15) is 56.1 Å². The highest BCUT2D eigenvalue weighted by molar-refractivity contribution is 6.32. The van der Waals surface area contributed by atoms with Gasteiger partial charge in [-0.05, 0) is 47.6 Å². The molecule has 33 heavy (non-hydrogen) atoms. The van der Waals surface area contributed by atoms with E-state index in [1.54, 1.807) is 6.07 Å². The van der Waals surface area contributed by atoms with Crippen molar-refractivity contribution in [3.63, 3.8) is 0 Å². The number of amides is 1. The third-order valence-electron chi connectivity index (χ3n) is 6.04. The molecule has 0 aromatic heterocycles. The van der Waals surface area contributed by atoms with Crippen molar-refractivity contribution in [1.29, 1.82) is 0 Å². The molecule has 1 aliphatic heterocycles. The number of nitrogens with one attached hydrogen (secondary N) is 1. The summed E-state index contributed by atoms with van der Waals surface area (Å²) < 4.78 is 5.74. The molecule has 0 spiro atoms. The molecule has 0 saturated carbocycles. The van der Waals surface area contributed by atoms with E-state index in [0.717, 1.165) is 11.3 Å². The zero-order valence-corrected chi connectivity index (χ0v) is 19.2. The fourth-order valence-electron chi connectivity index (χ4n) is 4.47. The Labute approximate surface area is 196 Å². The highest BCUT2D eigenvalue weighted by atomic mass is 35.5. The van der Waals surface area contributed by atoms with Crippen LogP contribution < -0.4 is 10.1 Å². The molecule has 1 heterocycles. The third kappa shape index (κ3) is 4.93. The third-order valence-corrected chi connectivity index (χ3v) is 6.36. The van der Waals surface area contributed by atoms with Crippen LogP contribution in [0.4, 0.5) is 5.69 Å². The van der Waals surface area contributed by atoms with Gasteiger partial charge < -0.3 is 10.1 Å². The van der Waals surface area contributed by atoms with Crippen LogP contribution in [0.3, 0.4) is 0 Å². The van der Waals surface area contributed by atoms with Crippen LogP contribution in [0.2, 0.25) is 5.02 Å². The maximum absolute atomic E-state index is 13.2. The van der Waals surface area contributed by atoms with Crippen LogP contribution in [0.5, 0.6) is 5.75 Å². The van der Waals surface area contributed by atoms with Crippen molar-refractivity contribution < 1.29 is 19.2 Å². The molecule has 0 fully saturated rings. The van der Waals surface area contributed by atoms with Crippen molar-refractivity contribution in [3.8, 4) is 5.75 Å². The average molecular weight is 469 g/mol. The minimum absolute atomic E-state index is 0.0223. The van der Waals surface area contributed by atoms with E-state index in [9.17, 15) is 19.7 Å². The van der Waals surface area contributed by atoms with Gasteiger partial charge in [0.25, 0.3) is 5.69 Å². The number of nitro groups is 1. The van der Waals surface area contributed by atoms with Crippen molar-refractivity contribution in [2.75, 3.05) is 6.61 Å². The highest BCUT2D eigenvalue weighted by Crippen LogP contribution is 2.43. The van der Waals surface area contributed by atoms with Gasteiger partial charge in [-0.1, -0.05) is 43.6 Å². The normalized spacial score (nSPS) is 20.5. The van der Waals surface area contributed by atoms with Crippen molar-refractivity contribution in [3.05, 3.63) is 80.0 Å². The van der Waals surface area contributed by atoms with Gasteiger partial charge in [0.15, 0.2) is 5.78 Å². The molecule has 7 nitrogen and oxygen atoms in total. The molecule has 2 aromatic rings. The Morgan fingerprint density at radius 2 is 1.79 bits per heavy atom. The highest BCUT2D eigenvalue weighted by Gasteiger charge is 2.38. The summed E-state index contributed by atoms with van der Waals surface area (Å²) in [5.41, 5.74) is 2.47. The van der Waals surface area contributed by atoms with Gasteiger partial charge in [-0.15, -0.1) is 0 Å². The van der Waals surface area contributed by atoms with Gasteiger partial charge in [-0.25, -0.2) is 0 Å². The second-order valence-electron chi connectivity index (χ2n) is 8.97. The summed E-state index contributed by atoms with van der Waals surface area (Å²) in [7, 11) is 0. The number of benzene rings is 2. The molecule has 8 heteroatoms. The lowest BCUT2D eigenvalue weighted by molar-refractivity contribution is -0.384. The minimum Gasteiger partial charge on any atom is -0.493 e. The fourth-order valence-corrected chi connectivity index (χ4v) is 4.65. The van der Waals surface area contributed by atoms with Crippen LogP contribution >= 0.6 is 11.6 Å². The first-order valence-electron chi connectivity index (χ1n) is 11.0. The number of ketones is 1. The van der Waals surface area contributed by atoms with Gasteiger partial charge in [-0.3, -0.25) is 19.7 Å². The first-order valence-corrected chi connectivity index (χ1v) is 11.3. The predicted octanol–water partition coefficient (Wildman–Crippen LogP) is 5.29. The molecule has 172 valence electrons. The number of halogens is 1. The fraction of sp³-hybridized carbons (Fsp3) is 0.360. The number of hydrogen-bond donors (Lipinski definition) is 1. The molecule has 0 radical (unpaired) electrons. The molecule has 4 rings (SSSR count). The monoisotopic (exact) mass is 468 g/mol. The topological polar surface area (TPSA) is 98.5 Å². The SMILES string of the molecule is CC(C)COc1ccc(C2CC(=O)C3=C(C2)NC(=O)CC3c2ccc(Cl)c([N+](=O)[O-])c2)cc1. The quantitative estimate of drug-likeness (QED) is 0.459. The van der Waals surface area contributed by atoms with Crippen molar-refractivity contribution in [2.24, 2.45) is 5.92 Å². The van der Waals surface area contributed by atoms with Crippen LogP contribution in [-0.4, -0.2) is 23.2 Å². The minimum atomic E-state index is -0.558. The Hall–Kier alpha value is -3.19. The number of Topliss-reactive ketones (excluding diaryl/α,β-unsaturated/α-hetero) is 1. The number of carbonyl (C=O) groups excluding carboxylic acids is 2. The molecule has 2 atom stereocenters. The maximum atomic E-state index is 13.2. The molecular formula is C25H25ClN2O5. The Kier molecular flexibility index (Phi) is 6.51. The molecule has 1 N–H and O–H groups in total. The van der Waals surface area contributed by atoms with Crippen molar-refractivity contribution >= 4 is 29.0 Å². The van der Waals surface area contributed by atoms with E-state index in [1.165, 1.54) is 12.1 Å². The van der Waals surface area contributed by atoms with Gasteiger partial charge in [0.1, 0.15) is 10.8 Å². The van der Waals surface area contributed by atoms with Crippen LogP contribution in [-0.2, 0) is 9.59 Å². The molecule has 2 aromatic carbocycles. The number of carbonyl (C=O) groups is 2. The molecule has 0 bridgehead atoms. The summed E-state index contributed by atoms with van der Waals surface area (Å²) in [5, 5.41) is 14.2. The van der Waals surface area contributed by atoms with E-state index in [2.05, 4.69) is 19.2 Å². The molecule has 1 amide bonds. The number of nitro benzene ring substituents is 1. The van der Waals surface area contributed by atoms with Crippen LogP contribution in [0.25, 0.3) is 0 Å². The van der Waals surface area contributed by atoms with E-state index < -0.39 is 10.8 Å². The van der Waals surface area contributed by atoms with Gasteiger partial charge in [0.05, 0.1) is 11.5 Å². The zero-order chi connectivity index (χ0) is 23.7. The van der Waals surface area contributed by atoms with E-state index >= 15 is 0 Å². The van der Waals surface area contributed by atoms with E-state index in [-0.39, 0.29) is 34.7 Å². The second-order valence-corrected chi connectivity index (χ2v) is 9.37. The van der Waals surface area contributed by atoms with Crippen molar-refractivity contribution in [1.82, 2.24) is 5.32 Å². The van der Waals surface area contributed by atoms with Gasteiger partial charge in [0, 0.05) is 36.1 Å². The Balaban J connectivity index is 1.61. The average Bonchev–Trinajstić information content (AvgIpc) is 2.77. The summed E-state index contributed by atoms with van der Waals surface area (Å²) >= 11 is 5.95. The lowest BCUT2D eigenvalue weighted by Crippen LogP contribution is -2.38. The molecule has 0 saturated heterocycles. The molecule has 2 aliphatic rings. The summed E-state index contributed by atoms with van der Waals surface area (Å²) in [5.74, 6) is 0.367. The number of ether oxygens (including phenoxy) is 1. The summed E-state index contributed by atoms with van der Waals surface area (Å²) in [4.78, 5) is 36.5. The van der Waals surface area contributed by atoms with Crippen molar-refractivity contribution in [2.45, 2.75) is 44.9 Å². The smallest absolute Gasteiger partial charge is 0.288 e. The lowest BCUT2D eigenvalue weighted by atomic mass is 9.73. The predicted molar refractivity (Wildman–Crippen MR) is 124 cm³/mol. The second kappa shape index (κ2) is 9.35. The Morgan fingerprint density at radius 1 is 1.09 bits per heavy atom. The molecule has 1 aliphatic carbocycles. The van der Waals surface area contributed by atoms with E-state index in [1.807, 2.05) is 24.3 Å². The van der Waals surface area contributed by atoms with Crippen LogP contribution in [0.15, 0.2) is 53.7 Å². The number of rotatable bonds is 6. The largest absolute Gasteiger partial charge is 0.493 e. The zero-order valence-electron chi connectivity index (χ0n) is 18.5. The van der Waals surface area contributed by atoms with Crippen LogP contribution in [0, 0.1) is 16.0 Å². The first-order chi connectivity index (χ1) is 15.7. The van der Waals surface area contributed by atoms with Gasteiger partial charge in [-0.2, -0.15) is 0 Å². The van der Waals surface area contributed by atoms with E-state index in [4.69, 9.17) is 16.3 Å². The molecule has 2 unspecified atom stereocenters. The number of hydrogen-bond acceptors (Lipinski definition) is 5. The van der Waals surface area contributed by atoms with Gasteiger partial charge in [0.2, 0.25) is 5.91 Å².